The summed E-state index contributed by atoms with van der Waals surface area (Å²) in [6.07, 6.45) is 1.49. The van der Waals surface area contributed by atoms with Crippen LogP contribution in [0.5, 0.6) is 0 Å². The molecule has 0 atom stereocenters. The number of benzene rings is 2. The summed E-state index contributed by atoms with van der Waals surface area (Å²) >= 11 is 0.990. The Kier molecular flexibility index (Phi) is 10.3. The van der Waals surface area contributed by atoms with E-state index < -0.39 is 12.6 Å². The fraction of sp³-hybridized carbons (Fsp3) is 0.259. The van der Waals surface area contributed by atoms with Crippen molar-refractivity contribution < 1.29 is 14.0 Å². The first-order valence-corrected chi connectivity index (χ1v) is 12.7. The number of amides is 2. The van der Waals surface area contributed by atoms with Gasteiger partial charge < -0.3 is 16.0 Å². The van der Waals surface area contributed by atoms with Crippen LogP contribution in [-0.4, -0.2) is 48.1 Å². The number of anilines is 2. The van der Waals surface area contributed by atoms with Gasteiger partial charge in [0.15, 0.2) is 5.57 Å². The number of halogens is 1. The van der Waals surface area contributed by atoms with Crippen molar-refractivity contribution in [3.63, 3.8) is 0 Å². The van der Waals surface area contributed by atoms with Gasteiger partial charge in [-0.15, -0.1) is 11.3 Å². The number of carbonyl (C=O) groups excluding carboxylic acids is 2. The summed E-state index contributed by atoms with van der Waals surface area (Å²) in [5.74, 6) is -0.894. The molecule has 0 saturated heterocycles. The fourth-order valence-corrected chi connectivity index (χ4v) is 4.76. The minimum atomic E-state index is -0.762. The monoisotopic (exact) mass is 536 g/mol. The Morgan fingerprint density at radius 1 is 1.16 bits per heavy atom. The van der Waals surface area contributed by atoms with Gasteiger partial charge in [0.25, 0.3) is 11.5 Å². The average Bonchev–Trinajstić information content (AvgIpc) is 3.21. The summed E-state index contributed by atoms with van der Waals surface area (Å²) in [5.41, 5.74) is 1.72. The zero-order chi connectivity index (χ0) is 27.5. The Morgan fingerprint density at radius 2 is 1.89 bits per heavy atom. The van der Waals surface area contributed by atoms with Gasteiger partial charge in [-0.3, -0.25) is 23.9 Å². The molecule has 3 N–H and O–H groups in total. The van der Waals surface area contributed by atoms with Gasteiger partial charge in [-0.25, -0.2) is 4.39 Å². The minimum Gasteiger partial charge on any atom is -0.360 e. The maximum Gasteiger partial charge on any atom is 0.270 e. The molecule has 3 rings (SSSR count). The van der Waals surface area contributed by atoms with Gasteiger partial charge in [0.1, 0.15) is 21.9 Å². The second kappa shape index (κ2) is 13.9. The van der Waals surface area contributed by atoms with Gasteiger partial charge >= 0.3 is 0 Å². The Balaban J connectivity index is 1.75. The smallest absolute Gasteiger partial charge is 0.270 e. The molecule has 0 aliphatic rings. The Labute approximate surface area is 223 Å². The van der Waals surface area contributed by atoms with Crippen molar-refractivity contribution in [2.24, 2.45) is 0 Å². The summed E-state index contributed by atoms with van der Waals surface area (Å²) in [7, 11) is 1.87. The minimum absolute atomic E-state index is 0.163. The SMILES string of the molecule is CCn1c(=O)/c(=C\Nc2cccc(NC(=O)CN(C)Cc3ccccc3)c2)s/c1=C(/C#N)C(=O)NCCF. The lowest BCUT2D eigenvalue weighted by Crippen LogP contribution is -2.35. The third-order valence-corrected chi connectivity index (χ3v) is 6.51. The molecule has 1 heterocycles. The van der Waals surface area contributed by atoms with Crippen LogP contribution < -0.4 is 30.7 Å². The van der Waals surface area contributed by atoms with Gasteiger partial charge in [0.2, 0.25) is 5.91 Å². The highest BCUT2D eigenvalue weighted by Crippen LogP contribution is 2.15. The first-order valence-electron chi connectivity index (χ1n) is 11.9. The molecule has 3 aromatic rings. The molecule has 0 fully saturated rings. The Morgan fingerprint density at radius 3 is 2.58 bits per heavy atom. The third-order valence-electron chi connectivity index (χ3n) is 5.38. The normalized spacial score (nSPS) is 12.1. The summed E-state index contributed by atoms with van der Waals surface area (Å²) in [5, 5.41) is 17.7. The molecule has 0 bridgehead atoms. The van der Waals surface area contributed by atoms with Gasteiger partial charge in [0.05, 0.1) is 6.54 Å². The van der Waals surface area contributed by atoms with E-state index in [1.807, 2.05) is 48.3 Å². The molecule has 198 valence electrons. The molecular formula is C27H29FN6O3S. The van der Waals surface area contributed by atoms with E-state index in [9.17, 15) is 24.0 Å². The zero-order valence-corrected chi connectivity index (χ0v) is 22.0. The number of rotatable bonds is 11. The molecule has 0 aliphatic heterocycles. The van der Waals surface area contributed by atoms with Gasteiger partial charge in [-0.05, 0) is 37.7 Å². The quantitative estimate of drug-likeness (QED) is 0.343. The molecule has 0 spiro atoms. The predicted molar refractivity (Wildman–Crippen MR) is 147 cm³/mol. The summed E-state index contributed by atoms with van der Waals surface area (Å²) < 4.78 is 14.2. The fourth-order valence-electron chi connectivity index (χ4n) is 3.67. The number of nitriles is 1. The van der Waals surface area contributed by atoms with Crippen molar-refractivity contribution in [2.45, 2.75) is 20.0 Å². The van der Waals surface area contributed by atoms with E-state index in [4.69, 9.17) is 0 Å². The van der Waals surface area contributed by atoms with Gasteiger partial charge in [0, 0.05) is 37.2 Å². The largest absolute Gasteiger partial charge is 0.360 e. The third kappa shape index (κ3) is 7.61. The Bertz CT molecular complexity index is 1490. The second-order valence-electron chi connectivity index (χ2n) is 8.33. The van der Waals surface area contributed by atoms with E-state index in [1.54, 1.807) is 31.2 Å². The molecule has 38 heavy (non-hydrogen) atoms. The number of alkyl halides is 1. The lowest BCUT2D eigenvalue weighted by Gasteiger charge is -2.16. The molecular weight excluding hydrogens is 507 g/mol. The van der Waals surface area contributed by atoms with E-state index >= 15 is 0 Å². The number of thiazole rings is 1. The molecule has 1 aromatic heterocycles. The lowest BCUT2D eigenvalue weighted by atomic mass is 10.2. The van der Waals surface area contributed by atoms with Crippen molar-refractivity contribution in [1.82, 2.24) is 14.8 Å². The number of nitrogens with one attached hydrogen (secondary N) is 3. The predicted octanol–water partition coefficient (Wildman–Crippen LogP) is 1.61. The van der Waals surface area contributed by atoms with Crippen LogP contribution in [0.4, 0.5) is 15.8 Å². The van der Waals surface area contributed by atoms with E-state index in [0.717, 1.165) is 16.9 Å². The van der Waals surface area contributed by atoms with E-state index in [2.05, 4.69) is 16.0 Å². The summed E-state index contributed by atoms with van der Waals surface area (Å²) in [6.45, 7) is 1.85. The lowest BCUT2D eigenvalue weighted by molar-refractivity contribution is -0.117. The molecule has 0 radical (unpaired) electrons. The topological polar surface area (TPSA) is 119 Å². The van der Waals surface area contributed by atoms with Crippen LogP contribution >= 0.6 is 11.3 Å². The standard InChI is InChI=1S/C27H29FN6O3S/c1-3-34-26(37)23(38-27(34)22(15-29)25(36)30-13-12-28)16-31-20-10-7-11-21(14-20)32-24(35)18-33(2)17-19-8-5-4-6-9-19/h4-11,14,16,31H,3,12-13,17-18H2,1-2H3,(H,30,36)(H,32,35)/b23-16+,27-22-. The first-order chi connectivity index (χ1) is 18.4. The zero-order valence-electron chi connectivity index (χ0n) is 21.2. The first kappa shape index (κ1) is 28.3. The maximum atomic E-state index is 12.9. The number of aromatic nitrogens is 1. The number of hydrogen-bond donors (Lipinski definition) is 3. The number of carbonyl (C=O) groups is 2. The van der Waals surface area contributed by atoms with Crippen molar-refractivity contribution in [2.75, 3.05) is 37.4 Å². The van der Waals surface area contributed by atoms with Gasteiger partial charge in [-0.1, -0.05) is 36.4 Å². The van der Waals surface area contributed by atoms with Crippen LogP contribution in [-0.2, 0) is 22.7 Å². The van der Waals surface area contributed by atoms with Crippen molar-refractivity contribution in [3.05, 3.63) is 79.7 Å². The Hall–Kier alpha value is -4.27. The van der Waals surface area contributed by atoms with Crippen molar-refractivity contribution in [1.29, 1.82) is 5.26 Å². The number of nitrogens with zero attached hydrogens (tertiary/aromatic N) is 3. The van der Waals surface area contributed by atoms with Crippen LogP contribution in [0.2, 0.25) is 0 Å². The van der Waals surface area contributed by atoms with Crippen LogP contribution in [0, 0.1) is 11.3 Å². The second-order valence-corrected chi connectivity index (χ2v) is 9.36. The van der Waals surface area contributed by atoms with Crippen LogP contribution in [0.15, 0.2) is 59.4 Å². The van der Waals surface area contributed by atoms with Crippen LogP contribution in [0.3, 0.4) is 0 Å². The van der Waals surface area contributed by atoms with E-state index in [1.165, 1.54) is 10.8 Å². The number of likely N-dealkylation sites (N-methyl/N-ethyl adjacent to an activating group) is 1. The van der Waals surface area contributed by atoms with E-state index in [-0.39, 0.29) is 45.9 Å². The molecule has 2 aromatic carbocycles. The van der Waals surface area contributed by atoms with Crippen LogP contribution in [0.1, 0.15) is 12.5 Å². The summed E-state index contributed by atoms with van der Waals surface area (Å²) in [6, 6.07) is 18.7. The maximum absolute atomic E-state index is 12.9. The van der Waals surface area contributed by atoms with Crippen molar-refractivity contribution >= 4 is 46.3 Å². The highest BCUT2D eigenvalue weighted by atomic mass is 32.1. The van der Waals surface area contributed by atoms with Gasteiger partial charge in [-0.2, -0.15) is 5.26 Å². The average molecular weight is 537 g/mol. The van der Waals surface area contributed by atoms with Crippen molar-refractivity contribution in [3.8, 4) is 6.07 Å². The van der Waals surface area contributed by atoms with E-state index in [0.29, 0.717) is 17.9 Å². The molecule has 2 amide bonds. The molecule has 9 nitrogen and oxygen atoms in total. The molecule has 0 saturated carbocycles. The highest BCUT2D eigenvalue weighted by molar-refractivity contribution is 7.07. The highest BCUT2D eigenvalue weighted by Gasteiger charge is 2.15. The molecule has 0 unspecified atom stereocenters. The molecule has 0 aliphatic carbocycles. The molecule has 11 heteroatoms. The number of hydrogen-bond acceptors (Lipinski definition) is 7. The summed E-state index contributed by atoms with van der Waals surface area (Å²) in [4.78, 5) is 39.6. The van der Waals surface area contributed by atoms with Crippen LogP contribution in [0.25, 0.3) is 11.8 Å².